The molecule has 0 saturated heterocycles. The summed E-state index contributed by atoms with van der Waals surface area (Å²) in [6.07, 6.45) is 2.64. The molecule has 0 spiro atoms. The van der Waals surface area contributed by atoms with Crippen LogP contribution in [0.2, 0.25) is 0 Å². The van der Waals surface area contributed by atoms with Crippen LogP contribution in [0.15, 0.2) is 24.4 Å². The predicted octanol–water partition coefficient (Wildman–Crippen LogP) is 2.78. The first-order valence-electron chi connectivity index (χ1n) is 6.71. The Labute approximate surface area is 119 Å². The number of aromatic nitrogens is 1. The second-order valence-corrected chi connectivity index (χ2v) is 5.70. The van der Waals surface area contributed by atoms with Crippen molar-refractivity contribution in [2.45, 2.75) is 20.3 Å². The van der Waals surface area contributed by atoms with Gasteiger partial charge in [0.2, 0.25) is 0 Å². The summed E-state index contributed by atoms with van der Waals surface area (Å²) in [5.41, 5.74) is 6.89. The van der Waals surface area contributed by atoms with E-state index in [1.807, 2.05) is 24.4 Å². The van der Waals surface area contributed by atoms with E-state index >= 15 is 0 Å². The Balaban J connectivity index is 2.59. The van der Waals surface area contributed by atoms with Crippen LogP contribution >= 0.6 is 0 Å². The molecular formula is C16H22N2O2. The second-order valence-electron chi connectivity index (χ2n) is 5.70. The Morgan fingerprint density at radius 1 is 1.10 bits per heavy atom. The SMILES string of the molecule is COc1ccc2c(CC(C)(C)CN)nccc2c1OC. The molecule has 1 aromatic carbocycles. The van der Waals surface area contributed by atoms with Gasteiger partial charge < -0.3 is 15.2 Å². The standard InChI is InChI=1S/C16H22N2O2/c1-16(2,10-17)9-13-11-5-6-14(19-3)15(20-4)12(11)7-8-18-13/h5-8H,9-10,17H2,1-4H3. The minimum Gasteiger partial charge on any atom is -0.493 e. The average molecular weight is 274 g/mol. The third-order valence-corrected chi connectivity index (χ3v) is 3.57. The molecule has 4 heteroatoms. The lowest BCUT2D eigenvalue weighted by Crippen LogP contribution is -2.26. The van der Waals surface area contributed by atoms with Crippen LogP contribution in [0.1, 0.15) is 19.5 Å². The summed E-state index contributed by atoms with van der Waals surface area (Å²) in [6, 6.07) is 5.91. The van der Waals surface area contributed by atoms with Gasteiger partial charge in [0.15, 0.2) is 11.5 Å². The number of hydrogen-bond acceptors (Lipinski definition) is 4. The van der Waals surface area contributed by atoms with Crippen LogP contribution in [-0.4, -0.2) is 25.7 Å². The number of rotatable bonds is 5. The summed E-state index contributed by atoms with van der Waals surface area (Å²) in [5.74, 6) is 1.48. The molecule has 20 heavy (non-hydrogen) atoms. The third-order valence-electron chi connectivity index (χ3n) is 3.57. The van der Waals surface area contributed by atoms with Crippen molar-refractivity contribution in [3.05, 3.63) is 30.1 Å². The number of ether oxygens (including phenoxy) is 2. The van der Waals surface area contributed by atoms with Gasteiger partial charge in [0.25, 0.3) is 0 Å². The van der Waals surface area contributed by atoms with E-state index in [-0.39, 0.29) is 5.41 Å². The molecule has 0 bridgehead atoms. The van der Waals surface area contributed by atoms with Gasteiger partial charge in [-0.1, -0.05) is 13.8 Å². The molecule has 108 valence electrons. The molecule has 0 amide bonds. The fourth-order valence-corrected chi connectivity index (χ4v) is 2.31. The summed E-state index contributed by atoms with van der Waals surface area (Å²) in [6.45, 7) is 4.92. The monoisotopic (exact) mass is 274 g/mol. The van der Waals surface area contributed by atoms with Crippen molar-refractivity contribution >= 4 is 10.8 Å². The number of methoxy groups -OCH3 is 2. The second kappa shape index (κ2) is 5.67. The van der Waals surface area contributed by atoms with E-state index in [0.717, 1.165) is 34.4 Å². The van der Waals surface area contributed by atoms with Crippen LogP contribution in [0.4, 0.5) is 0 Å². The first-order valence-corrected chi connectivity index (χ1v) is 6.71. The summed E-state index contributed by atoms with van der Waals surface area (Å²) < 4.78 is 10.8. The fourth-order valence-electron chi connectivity index (χ4n) is 2.31. The molecule has 2 rings (SSSR count). The maximum atomic E-state index is 5.83. The van der Waals surface area contributed by atoms with Crippen LogP contribution in [0.5, 0.6) is 11.5 Å². The maximum Gasteiger partial charge on any atom is 0.168 e. The lowest BCUT2D eigenvalue weighted by molar-refractivity contribution is 0.358. The Morgan fingerprint density at radius 2 is 1.85 bits per heavy atom. The lowest BCUT2D eigenvalue weighted by Gasteiger charge is -2.22. The molecule has 0 saturated carbocycles. The molecule has 0 fully saturated rings. The van der Waals surface area contributed by atoms with E-state index in [2.05, 4.69) is 18.8 Å². The average Bonchev–Trinajstić information content (AvgIpc) is 2.46. The van der Waals surface area contributed by atoms with Gasteiger partial charge in [-0.15, -0.1) is 0 Å². The minimum atomic E-state index is 0.0223. The van der Waals surface area contributed by atoms with Crippen LogP contribution in [-0.2, 0) is 6.42 Å². The first kappa shape index (κ1) is 14.6. The zero-order valence-electron chi connectivity index (χ0n) is 12.6. The van der Waals surface area contributed by atoms with Crippen LogP contribution in [0.25, 0.3) is 10.8 Å². The smallest absolute Gasteiger partial charge is 0.168 e. The topological polar surface area (TPSA) is 57.4 Å². The van der Waals surface area contributed by atoms with Crippen molar-refractivity contribution < 1.29 is 9.47 Å². The minimum absolute atomic E-state index is 0.0223. The van der Waals surface area contributed by atoms with E-state index in [4.69, 9.17) is 15.2 Å². The maximum absolute atomic E-state index is 5.83. The molecule has 1 heterocycles. The highest BCUT2D eigenvalue weighted by molar-refractivity contribution is 5.92. The van der Waals surface area contributed by atoms with Gasteiger partial charge in [0, 0.05) is 22.7 Å². The van der Waals surface area contributed by atoms with Crippen LogP contribution in [0.3, 0.4) is 0 Å². The number of benzene rings is 1. The number of nitrogens with zero attached hydrogens (tertiary/aromatic N) is 1. The highest BCUT2D eigenvalue weighted by atomic mass is 16.5. The Bertz CT molecular complexity index is 609. The molecule has 0 unspecified atom stereocenters. The van der Waals surface area contributed by atoms with Crippen molar-refractivity contribution in [2.24, 2.45) is 11.1 Å². The number of fused-ring (bicyclic) bond motifs is 1. The molecule has 0 aliphatic carbocycles. The van der Waals surface area contributed by atoms with Gasteiger partial charge >= 0.3 is 0 Å². The third kappa shape index (κ3) is 2.70. The molecule has 1 aromatic heterocycles. The normalized spacial score (nSPS) is 11.7. The molecular weight excluding hydrogens is 252 g/mol. The molecule has 0 aliphatic heterocycles. The summed E-state index contributed by atoms with van der Waals surface area (Å²) in [4.78, 5) is 4.52. The molecule has 4 nitrogen and oxygen atoms in total. The van der Waals surface area contributed by atoms with Gasteiger partial charge in [0.05, 0.1) is 14.2 Å². The molecule has 0 aliphatic rings. The summed E-state index contributed by atoms with van der Waals surface area (Å²) in [7, 11) is 3.30. The largest absolute Gasteiger partial charge is 0.493 e. The zero-order chi connectivity index (χ0) is 14.8. The van der Waals surface area contributed by atoms with Gasteiger partial charge in [-0.2, -0.15) is 0 Å². The van der Waals surface area contributed by atoms with Crippen LogP contribution < -0.4 is 15.2 Å². The van der Waals surface area contributed by atoms with Gasteiger partial charge in [-0.25, -0.2) is 0 Å². The quantitative estimate of drug-likeness (QED) is 0.911. The Hall–Kier alpha value is -1.81. The molecule has 2 aromatic rings. The van der Waals surface area contributed by atoms with Crippen molar-refractivity contribution in [3.8, 4) is 11.5 Å². The summed E-state index contributed by atoms with van der Waals surface area (Å²) >= 11 is 0. The van der Waals surface area contributed by atoms with E-state index in [1.165, 1.54) is 0 Å². The van der Waals surface area contributed by atoms with Gasteiger partial charge in [-0.05, 0) is 36.6 Å². The van der Waals surface area contributed by atoms with E-state index in [0.29, 0.717) is 6.54 Å². The number of pyridine rings is 1. The highest BCUT2D eigenvalue weighted by Crippen LogP contribution is 2.37. The predicted molar refractivity (Wildman–Crippen MR) is 81.4 cm³/mol. The van der Waals surface area contributed by atoms with Gasteiger partial charge in [0.1, 0.15) is 0 Å². The fraction of sp³-hybridized carbons (Fsp3) is 0.438. The van der Waals surface area contributed by atoms with Crippen LogP contribution in [0, 0.1) is 5.41 Å². The van der Waals surface area contributed by atoms with Crippen molar-refractivity contribution in [2.75, 3.05) is 20.8 Å². The van der Waals surface area contributed by atoms with Crippen molar-refractivity contribution in [1.29, 1.82) is 0 Å². The van der Waals surface area contributed by atoms with E-state index in [1.54, 1.807) is 14.2 Å². The molecule has 0 atom stereocenters. The zero-order valence-corrected chi connectivity index (χ0v) is 12.6. The van der Waals surface area contributed by atoms with E-state index in [9.17, 15) is 0 Å². The van der Waals surface area contributed by atoms with Crippen molar-refractivity contribution in [3.63, 3.8) is 0 Å². The highest BCUT2D eigenvalue weighted by Gasteiger charge is 2.20. The molecule has 2 N–H and O–H groups in total. The number of nitrogens with two attached hydrogens (primary N) is 1. The van der Waals surface area contributed by atoms with Gasteiger partial charge in [-0.3, -0.25) is 4.98 Å². The first-order chi connectivity index (χ1) is 9.52. The summed E-state index contributed by atoms with van der Waals surface area (Å²) in [5, 5.41) is 2.11. The number of hydrogen-bond donors (Lipinski definition) is 1. The molecule has 0 radical (unpaired) electrons. The van der Waals surface area contributed by atoms with E-state index < -0.39 is 0 Å². The Morgan fingerprint density at radius 3 is 2.45 bits per heavy atom. The van der Waals surface area contributed by atoms with Crippen molar-refractivity contribution in [1.82, 2.24) is 4.98 Å². The lowest BCUT2D eigenvalue weighted by atomic mass is 9.86. The Kier molecular flexibility index (Phi) is 4.14.